The largest absolute Gasteiger partial charge is 0.385 e. The SMILES string of the molecule is CC(O)(Cc1ccc(Cl)cc1)c1cnc2ccccc2c1. The molecule has 3 rings (SSSR count). The number of hydrogen-bond acceptors (Lipinski definition) is 2. The molecule has 0 saturated heterocycles. The second-order valence-corrected chi connectivity index (χ2v) is 5.93. The molecular weight excluding hydrogens is 282 g/mol. The summed E-state index contributed by atoms with van der Waals surface area (Å²) in [6.45, 7) is 1.81. The van der Waals surface area contributed by atoms with Crippen LogP contribution in [0.2, 0.25) is 5.02 Å². The van der Waals surface area contributed by atoms with Gasteiger partial charge in [0.2, 0.25) is 0 Å². The number of pyridine rings is 1. The first-order valence-corrected chi connectivity index (χ1v) is 7.24. The number of halogens is 1. The third kappa shape index (κ3) is 3.07. The average molecular weight is 298 g/mol. The van der Waals surface area contributed by atoms with E-state index in [4.69, 9.17) is 11.6 Å². The van der Waals surface area contributed by atoms with E-state index in [1.165, 1.54) is 0 Å². The average Bonchev–Trinajstić information content (AvgIpc) is 2.49. The molecule has 1 N–H and O–H groups in total. The van der Waals surface area contributed by atoms with Crippen molar-refractivity contribution in [3.63, 3.8) is 0 Å². The summed E-state index contributed by atoms with van der Waals surface area (Å²) in [7, 11) is 0. The monoisotopic (exact) mass is 297 g/mol. The summed E-state index contributed by atoms with van der Waals surface area (Å²) < 4.78 is 0. The molecule has 2 aromatic carbocycles. The molecule has 106 valence electrons. The standard InChI is InChI=1S/C18H16ClNO/c1-18(21,11-13-6-8-16(19)9-7-13)15-10-14-4-2-3-5-17(14)20-12-15/h2-10,12,21H,11H2,1H3. The van der Waals surface area contributed by atoms with Crippen LogP contribution in [0.25, 0.3) is 10.9 Å². The molecule has 0 saturated carbocycles. The van der Waals surface area contributed by atoms with Gasteiger partial charge in [-0.3, -0.25) is 4.98 Å². The molecule has 1 unspecified atom stereocenters. The third-order valence-corrected chi connectivity index (χ3v) is 3.93. The molecule has 1 aromatic heterocycles. The van der Waals surface area contributed by atoms with Crippen LogP contribution in [0.5, 0.6) is 0 Å². The van der Waals surface area contributed by atoms with Gasteiger partial charge in [0.1, 0.15) is 0 Å². The van der Waals surface area contributed by atoms with Crippen LogP contribution in [-0.2, 0) is 12.0 Å². The Morgan fingerprint density at radius 3 is 2.57 bits per heavy atom. The van der Waals surface area contributed by atoms with Gasteiger partial charge in [0, 0.05) is 28.6 Å². The van der Waals surface area contributed by atoms with Gasteiger partial charge >= 0.3 is 0 Å². The third-order valence-electron chi connectivity index (χ3n) is 3.67. The molecule has 0 fully saturated rings. The van der Waals surface area contributed by atoms with E-state index in [1.807, 2.05) is 61.5 Å². The number of hydrogen-bond donors (Lipinski definition) is 1. The molecule has 0 aliphatic carbocycles. The number of aliphatic hydroxyl groups is 1. The number of aromatic nitrogens is 1. The molecular formula is C18H16ClNO. The van der Waals surface area contributed by atoms with Crippen molar-refractivity contribution in [1.29, 1.82) is 0 Å². The number of nitrogens with zero attached hydrogens (tertiary/aromatic N) is 1. The van der Waals surface area contributed by atoms with Gasteiger partial charge in [-0.2, -0.15) is 0 Å². The number of benzene rings is 2. The van der Waals surface area contributed by atoms with E-state index in [-0.39, 0.29) is 0 Å². The summed E-state index contributed by atoms with van der Waals surface area (Å²) in [5.41, 5.74) is 1.82. The lowest BCUT2D eigenvalue weighted by molar-refractivity contribution is 0.0574. The fourth-order valence-electron chi connectivity index (χ4n) is 2.47. The maximum atomic E-state index is 10.8. The molecule has 0 radical (unpaired) electrons. The Hall–Kier alpha value is -1.90. The lowest BCUT2D eigenvalue weighted by atomic mass is 9.89. The van der Waals surface area contributed by atoms with Crippen LogP contribution in [0.15, 0.2) is 60.8 Å². The van der Waals surface area contributed by atoms with Gasteiger partial charge < -0.3 is 5.11 Å². The Bertz CT molecular complexity index is 766. The molecule has 0 bridgehead atoms. The number of para-hydroxylation sites is 1. The van der Waals surface area contributed by atoms with Crippen molar-refractivity contribution in [3.8, 4) is 0 Å². The Morgan fingerprint density at radius 2 is 1.81 bits per heavy atom. The highest BCUT2D eigenvalue weighted by Gasteiger charge is 2.24. The molecule has 0 amide bonds. The summed E-state index contributed by atoms with van der Waals surface area (Å²) in [6.07, 6.45) is 2.27. The van der Waals surface area contributed by atoms with E-state index in [2.05, 4.69) is 4.98 Å². The molecule has 1 heterocycles. The first kappa shape index (κ1) is 14.1. The topological polar surface area (TPSA) is 33.1 Å². The molecule has 3 aromatic rings. The van der Waals surface area contributed by atoms with Crippen LogP contribution >= 0.6 is 11.6 Å². The van der Waals surface area contributed by atoms with E-state index in [0.717, 1.165) is 22.0 Å². The first-order valence-electron chi connectivity index (χ1n) is 6.87. The second kappa shape index (κ2) is 5.47. The molecule has 0 aliphatic rings. The lowest BCUT2D eigenvalue weighted by Crippen LogP contribution is -2.24. The predicted octanol–water partition coefficient (Wildman–Crippen LogP) is 4.34. The van der Waals surface area contributed by atoms with Crippen LogP contribution in [0, 0.1) is 0 Å². The zero-order valence-electron chi connectivity index (χ0n) is 11.8. The Balaban J connectivity index is 1.93. The molecule has 0 spiro atoms. The van der Waals surface area contributed by atoms with Crippen LogP contribution in [0.4, 0.5) is 0 Å². The maximum absolute atomic E-state index is 10.8. The zero-order valence-corrected chi connectivity index (χ0v) is 12.5. The minimum atomic E-state index is -0.967. The smallest absolute Gasteiger partial charge is 0.0923 e. The highest BCUT2D eigenvalue weighted by Crippen LogP contribution is 2.27. The summed E-state index contributed by atoms with van der Waals surface area (Å²) in [4.78, 5) is 4.42. The molecule has 1 atom stereocenters. The Labute approximate surface area is 129 Å². The van der Waals surface area contributed by atoms with Crippen molar-refractivity contribution >= 4 is 22.5 Å². The van der Waals surface area contributed by atoms with Crippen molar-refractivity contribution in [2.24, 2.45) is 0 Å². The Kier molecular flexibility index (Phi) is 3.66. The van der Waals surface area contributed by atoms with Gasteiger partial charge in [0.05, 0.1) is 11.1 Å². The number of fused-ring (bicyclic) bond motifs is 1. The second-order valence-electron chi connectivity index (χ2n) is 5.49. The predicted molar refractivity (Wildman–Crippen MR) is 86.5 cm³/mol. The Morgan fingerprint density at radius 1 is 1.10 bits per heavy atom. The van der Waals surface area contributed by atoms with Gasteiger partial charge in [-0.25, -0.2) is 0 Å². The van der Waals surface area contributed by atoms with E-state index < -0.39 is 5.60 Å². The van der Waals surface area contributed by atoms with Crippen molar-refractivity contribution in [2.75, 3.05) is 0 Å². The highest BCUT2D eigenvalue weighted by atomic mass is 35.5. The van der Waals surface area contributed by atoms with Gasteiger partial charge in [0.25, 0.3) is 0 Å². The van der Waals surface area contributed by atoms with Crippen LogP contribution in [0.1, 0.15) is 18.1 Å². The lowest BCUT2D eigenvalue weighted by Gasteiger charge is -2.24. The summed E-state index contributed by atoms with van der Waals surface area (Å²) >= 11 is 5.89. The maximum Gasteiger partial charge on any atom is 0.0923 e. The summed E-state index contributed by atoms with van der Waals surface area (Å²) in [5, 5.41) is 12.5. The van der Waals surface area contributed by atoms with Crippen LogP contribution in [0.3, 0.4) is 0 Å². The zero-order chi connectivity index (χ0) is 14.9. The van der Waals surface area contributed by atoms with Crippen molar-refractivity contribution in [3.05, 3.63) is 76.9 Å². The van der Waals surface area contributed by atoms with Crippen molar-refractivity contribution in [2.45, 2.75) is 18.9 Å². The van der Waals surface area contributed by atoms with Crippen molar-refractivity contribution < 1.29 is 5.11 Å². The molecule has 21 heavy (non-hydrogen) atoms. The van der Waals surface area contributed by atoms with Crippen LogP contribution < -0.4 is 0 Å². The summed E-state index contributed by atoms with van der Waals surface area (Å²) in [5.74, 6) is 0. The van der Waals surface area contributed by atoms with Gasteiger partial charge in [0.15, 0.2) is 0 Å². The quantitative estimate of drug-likeness (QED) is 0.780. The van der Waals surface area contributed by atoms with E-state index in [1.54, 1.807) is 6.20 Å². The summed E-state index contributed by atoms with van der Waals surface area (Å²) in [6, 6.07) is 17.5. The minimum Gasteiger partial charge on any atom is -0.385 e. The highest BCUT2D eigenvalue weighted by molar-refractivity contribution is 6.30. The van der Waals surface area contributed by atoms with E-state index in [0.29, 0.717) is 11.4 Å². The van der Waals surface area contributed by atoms with Gasteiger partial charge in [-0.05, 0) is 36.8 Å². The van der Waals surface area contributed by atoms with E-state index in [9.17, 15) is 5.11 Å². The van der Waals surface area contributed by atoms with Gasteiger partial charge in [-0.15, -0.1) is 0 Å². The fraction of sp³-hybridized carbons (Fsp3) is 0.167. The minimum absolute atomic E-state index is 0.518. The molecule has 3 heteroatoms. The normalized spacial score (nSPS) is 14.0. The van der Waals surface area contributed by atoms with E-state index >= 15 is 0 Å². The first-order chi connectivity index (χ1) is 10.0. The van der Waals surface area contributed by atoms with Crippen molar-refractivity contribution in [1.82, 2.24) is 4.98 Å². The number of rotatable bonds is 3. The van der Waals surface area contributed by atoms with Crippen LogP contribution in [-0.4, -0.2) is 10.1 Å². The van der Waals surface area contributed by atoms with Gasteiger partial charge in [-0.1, -0.05) is 41.9 Å². The molecule has 2 nitrogen and oxygen atoms in total. The molecule has 0 aliphatic heterocycles. The fourth-order valence-corrected chi connectivity index (χ4v) is 2.59.